The second-order valence-electron chi connectivity index (χ2n) is 6.46. The fraction of sp³-hybridized carbons (Fsp3) is 0.211. The van der Waals surface area contributed by atoms with Gasteiger partial charge < -0.3 is 21.5 Å². The van der Waals surface area contributed by atoms with Crippen molar-refractivity contribution in [2.24, 2.45) is 0 Å². The molecular weight excluding hydrogens is 358 g/mol. The van der Waals surface area contributed by atoms with Gasteiger partial charge in [0, 0.05) is 12.0 Å². The average Bonchev–Trinajstić information content (AvgIpc) is 2.67. The van der Waals surface area contributed by atoms with Gasteiger partial charge >= 0.3 is 0 Å². The highest BCUT2D eigenvalue weighted by atomic mass is 16.5. The van der Waals surface area contributed by atoms with Crippen molar-refractivity contribution in [1.82, 2.24) is 25.3 Å². The van der Waals surface area contributed by atoms with Crippen molar-refractivity contribution in [1.29, 1.82) is 0 Å². The second kappa shape index (κ2) is 6.76. The van der Waals surface area contributed by atoms with E-state index < -0.39 is 0 Å². The second-order valence-corrected chi connectivity index (χ2v) is 6.46. The number of carbonyl (C=O) groups is 1. The smallest absolute Gasteiger partial charge is 0.257 e. The maximum atomic E-state index is 12.7. The molecule has 1 aliphatic heterocycles. The van der Waals surface area contributed by atoms with Crippen LogP contribution in [-0.4, -0.2) is 33.0 Å². The highest BCUT2D eigenvalue weighted by Gasteiger charge is 2.30. The molecule has 9 heteroatoms. The Hall–Kier alpha value is -3.75. The molecule has 0 fully saturated rings. The topological polar surface area (TPSA) is 142 Å². The highest BCUT2D eigenvalue weighted by molar-refractivity contribution is 5.98. The normalized spacial score (nSPS) is 15.6. The molecule has 0 saturated heterocycles. The van der Waals surface area contributed by atoms with Crippen molar-refractivity contribution in [2.75, 3.05) is 18.6 Å². The van der Waals surface area contributed by atoms with Gasteiger partial charge in [-0.25, -0.2) is 19.9 Å². The molecule has 0 spiro atoms. The largest absolute Gasteiger partial charge is 0.478 e. The number of benzene rings is 1. The quantitative estimate of drug-likeness (QED) is 0.622. The Morgan fingerprint density at radius 2 is 1.96 bits per heavy atom. The van der Waals surface area contributed by atoms with Crippen LogP contribution in [0.25, 0.3) is 11.3 Å². The van der Waals surface area contributed by atoms with Gasteiger partial charge in [0.25, 0.3) is 11.8 Å². The molecular formula is C19H19N7O2. The molecule has 2 aromatic heterocycles. The van der Waals surface area contributed by atoms with Gasteiger partial charge in [-0.15, -0.1) is 0 Å². The number of nitrogen functional groups attached to an aromatic ring is 2. The number of aryl methyl sites for hydroxylation is 1. The summed E-state index contributed by atoms with van der Waals surface area (Å²) < 4.78 is 5.18. The SMILES string of the molecule is COc1nc(-c2ccccc2[C@H]2Cc3nc(N)nc(C)c3C(=O)N2)cnc1N. The van der Waals surface area contributed by atoms with Gasteiger partial charge in [0.05, 0.1) is 42.0 Å². The molecule has 0 unspecified atom stereocenters. The zero-order valence-corrected chi connectivity index (χ0v) is 15.4. The molecule has 142 valence electrons. The number of rotatable bonds is 3. The minimum absolute atomic E-state index is 0.159. The summed E-state index contributed by atoms with van der Waals surface area (Å²) in [6.45, 7) is 1.75. The van der Waals surface area contributed by atoms with Gasteiger partial charge in [0.1, 0.15) is 0 Å². The van der Waals surface area contributed by atoms with Crippen molar-refractivity contribution in [3.8, 4) is 17.1 Å². The molecule has 9 nitrogen and oxygen atoms in total. The lowest BCUT2D eigenvalue weighted by molar-refractivity contribution is 0.0922. The van der Waals surface area contributed by atoms with E-state index in [2.05, 4.69) is 25.3 Å². The molecule has 1 atom stereocenters. The summed E-state index contributed by atoms with van der Waals surface area (Å²) in [5.74, 6) is 0.402. The number of fused-ring (bicyclic) bond motifs is 1. The lowest BCUT2D eigenvalue weighted by Gasteiger charge is -2.27. The third-order valence-corrected chi connectivity index (χ3v) is 4.68. The molecule has 1 aliphatic rings. The molecule has 3 heterocycles. The summed E-state index contributed by atoms with van der Waals surface area (Å²) in [7, 11) is 1.49. The van der Waals surface area contributed by atoms with Crippen LogP contribution in [-0.2, 0) is 6.42 Å². The van der Waals surface area contributed by atoms with Crippen molar-refractivity contribution < 1.29 is 9.53 Å². The Morgan fingerprint density at radius 1 is 1.18 bits per heavy atom. The van der Waals surface area contributed by atoms with E-state index in [1.165, 1.54) is 7.11 Å². The molecule has 4 rings (SSSR count). The number of carbonyl (C=O) groups excluding carboxylic acids is 1. The van der Waals surface area contributed by atoms with Crippen LogP contribution in [0.15, 0.2) is 30.5 Å². The lowest BCUT2D eigenvalue weighted by atomic mass is 9.90. The van der Waals surface area contributed by atoms with E-state index in [0.717, 1.165) is 11.1 Å². The zero-order valence-electron chi connectivity index (χ0n) is 15.4. The third-order valence-electron chi connectivity index (χ3n) is 4.68. The van der Waals surface area contributed by atoms with Crippen molar-refractivity contribution in [3.63, 3.8) is 0 Å². The number of ether oxygens (including phenoxy) is 1. The van der Waals surface area contributed by atoms with E-state index in [1.54, 1.807) is 13.1 Å². The summed E-state index contributed by atoms with van der Waals surface area (Å²) in [5, 5.41) is 3.04. The van der Waals surface area contributed by atoms with Crippen LogP contribution in [0.3, 0.4) is 0 Å². The van der Waals surface area contributed by atoms with Crippen molar-refractivity contribution in [3.05, 3.63) is 53.0 Å². The van der Waals surface area contributed by atoms with Crippen LogP contribution in [0.4, 0.5) is 11.8 Å². The van der Waals surface area contributed by atoms with Crippen LogP contribution in [0.2, 0.25) is 0 Å². The minimum atomic E-state index is -0.296. The lowest BCUT2D eigenvalue weighted by Crippen LogP contribution is -2.37. The third kappa shape index (κ3) is 2.96. The predicted molar refractivity (Wildman–Crippen MR) is 104 cm³/mol. The molecule has 28 heavy (non-hydrogen) atoms. The minimum Gasteiger partial charge on any atom is -0.478 e. The van der Waals surface area contributed by atoms with Gasteiger partial charge in [-0.1, -0.05) is 24.3 Å². The first-order valence-electron chi connectivity index (χ1n) is 8.67. The molecule has 1 aromatic carbocycles. The number of hydrogen-bond acceptors (Lipinski definition) is 8. The number of anilines is 2. The van der Waals surface area contributed by atoms with E-state index in [9.17, 15) is 4.79 Å². The fourth-order valence-corrected chi connectivity index (χ4v) is 3.46. The Labute approximate surface area is 161 Å². The standard InChI is InChI=1S/C19H19N7O2/c1-9-15-13(26-19(21)23-9)7-12(24-17(15)27)10-5-3-4-6-11(10)14-8-22-16(20)18(25-14)28-2/h3-6,8,12H,7H2,1-2H3,(H2,20,22)(H,24,27)(H2,21,23,26)/t12-/m1/s1. The van der Waals surface area contributed by atoms with Crippen LogP contribution in [0.5, 0.6) is 5.88 Å². The van der Waals surface area contributed by atoms with E-state index in [0.29, 0.717) is 29.1 Å². The molecule has 0 aliphatic carbocycles. The van der Waals surface area contributed by atoms with E-state index >= 15 is 0 Å². The van der Waals surface area contributed by atoms with E-state index in [1.807, 2.05) is 24.3 Å². The Balaban J connectivity index is 1.78. The summed E-state index contributed by atoms with van der Waals surface area (Å²) in [6, 6.07) is 7.35. The number of nitrogens with zero attached hydrogens (tertiary/aromatic N) is 4. The van der Waals surface area contributed by atoms with Gasteiger partial charge in [0.15, 0.2) is 5.82 Å². The average molecular weight is 377 g/mol. The Morgan fingerprint density at radius 3 is 2.75 bits per heavy atom. The zero-order chi connectivity index (χ0) is 19.8. The van der Waals surface area contributed by atoms with Crippen molar-refractivity contribution in [2.45, 2.75) is 19.4 Å². The van der Waals surface area contributed by atoms with E-state index in [-0.39, 0.29) is 29.6 Å². The van der Waals surface area contributed by atoms with E-state index in [4.69, 9.17) is 16.2 Å². The first-order chi connectivity index (χ1) is 13.5. The Bertz CT molecular complexity index is 1080. The summed E-state index contributed by atoms with van der Waals surface area (Å²) in [6.07, 6.45) is 2.07. The summed E-state index contributed by atoms with van der Waals surface area (Å²) in [5.41, 5.74) is 15.5. The highest BCUT2D eigenvalue weighted by Crippen LogP contribution is 2.33. The van der Waals surface area contributed by atoms with Gasteiger partial charge in [-0.3, -0.25) is 4.79 Å². The maximum absolute atomic E-state index is 12.7. The van der Waals surface area contributed by atoms with Crippen molar-refractivity contribution >= 4 is 17.7 Å². The number of aromatic nitrogens is 4. The number of nitrogens with two attached hydrogens (primary N) is 2. The predicted octanol–water partition coefficient (Wildman–Crippen LogP) is 1.44. The first-order valence-corrected chi connectivity index (χ1v) is 8.67. The van der Waals surface area contributed by atoms with Crippen LogP contribution < -0.4 is 21.5 Å². The number of methoxy groups -OCH3 is 1. The first kappa shape index (κ1) is 17.7. The van der Waals surface area contributed by atoms with Crippen LogP contribution in [0.1, 0.15) is 33.4 Å². The number of nitrogens with one attached hydrogen (secondary N) is 1. The summed E-state index contributed by atoms with van der Waals surface area (Å²) >= 11 is 0. The maximum Gasteiger partial charge on any atom is 0.257 e. The van der Waals surface area contributed by atoms with Gasteiger partial charge in [-0.2, -0.15) is 0 Å². The summed E-state index contributed by atoms with van der Waals surface area (Å²) in [4.78, 5) is 29.7. The molecule has 0 saturated carbocycles. The van der Waals surface area contributed by atoms with Crippen LogP contribution in [0, 0.1) is 6.92 Å². The molecule has 1 amide bonds. The van der Waals surface area contributed by atoms with Gasteiger partial charge in [0.2, 0.25) is 5.95 Å². The molecule has 5 N–H and O–H groups in total. The molecule has 0 bridgehead atoms. The van der Waals surface area contributed by atoms with Crippen LogP contribution >= 0.6 is 0 Å². The molecule has 3 aromatic rings. The monoisotopic (exact) mass is 377 g/mol. The number of hydrogen-bond donors (Lipinski definition) is 3. The number of amides is 1. The molecule has 0 radical (unpaired) electrons. The Kier molecular flexibility index (Phi) is 4.26. The fourth-order valence-electron chi connectivity index (χ4n) is 3.46. The van der Waals surface area contributed by atoms with Gasteiger partial charge in [-0.05, 0) is 12.5 Å².